The fourth-order valence-electron chi connectivity index (χ4n) is 3.76. The predicted molar refractivity (Wildman–Crippen MR) is 92.8 cm³/mol. The molecule has 0 atom stereocenters. The van der Waals surface area contributed by atoms with Crippen LogP contribution >= 0.6 is 0 Å². The molecule has 136 valence electrons. The molecule has 1 aromatic rings. The van der Waals surface area contributed by atoms with E-state index >= 15 is 0 Å². The highest BCUT2D eigenvalue weighted by Gasteiger charge is 2.55. The molecule has 2 heterocycles. The van der Waals surface area contributed by atoms with Gasteiger partial charge < -0.3 is 9.47 Å². The summed E-state index contributed by atoms with van der Waals surface area (Å²) in [5.41, 5.74) is 0.281. The molecule has 0 unspecified atom stereocenters. The fourth-order valence-corrected chi connectivity index (χ4v) is 3.76. The Morgan fingerprint density at radius 3 is 2.60 bits per heavy atom. The molecule has 0 radical (unpaired) electrons. The first-order chi connectivity index (χ1) is 12.1. The van der Waals surface area contributed by atoms with Crippen molar-refractivity contribution in [2.24, 2.45) is 0 Å². The topological polar surface area (TPSA) is 67.9 Å². The Bertz CT molecular complexity index is 597. The molecule has 0 aliphatic carbocycles. The summed E-state index contributed by atoms with van der Waals surface area (Å²) in [6.07, 6.45) is 4.30. The van der Waals surface area contributed by atoms with Crippen molar-refractivity contribution in [2.75, 3.05) is 6.61 Å². The van der Waals surface area contributed by atoms with Gasteiger partial charge in [0.2, 0.25) is 0 Å². The van der Waals surface area contributed by atoms with Crippen LogP contribution in [-0.2, 0) is 16.1 Å². The summed E-state index contributed by atoms with van der Waals surface area (Å²) in [5, 5.41) is 2.94. The number of rotatable bonds is 6. The molecule has 1 aromatic carbocycles. The summed E-state index contributed by atoms with van der Waals surface area (Å²) < 4.78 is 10.7. The highest BCUT2D eigenvalue weighted by atomic mass is 16.6. The number of benzene rings is 1. The van der Waals surface area contributed by atoms with Crippen LogP contribution in [0.4, 0.5) is 9.59 Å². The van der Waals surface area contributed by atoms with Gasteiger partial charge in [0.05, 0.1) is 6.61 Å². The number of unbranched alkanes of at least 4 members (excludes halogenated alkanes) is 1. The third-order valence-electron chi connectivity index (χ3n) is 5.08. The second-order valence-corrected chi connectivity index (χ2v) is 6.79. The Hall–Kier alpha value is -2.24. The molecule has 0 saturated carbocycles. The van der Waals surface area contributed by atoms with E-state index in [4.69, 9.17) is 9.47 Å². The summed E-state index contributed by atoms with van der Waals surface area (Å²) in [5.74, 6) is 0. The summed E-state index contributed by atoms with van der Waals surface area (Å²) in [6, 6.07) is 9.70. The number of carbonyl (C=O) groups is 2. The first kappa shape index (κ1) is 17.6. The molecule has 2 fully saturated rings. The van der Waals surface area contributed by atoms with Gasteiger partial charge in [-0.05, 0) is 37.7 Å². The SMILES string of the molecule is CCCCOC(=O)N1C2CCC1(NC(=O)OCc1ccccc1)CC2. The van der Waals surface area contributed by atoms with Crippen molar-refractivity contribution in [2.45, 2.75) is 63.8 Å². The Morgan fingerprint density at radius 2 is 1.92 bits per heavy atom. The number of alkyl carbamates (subject to hydrolysis) is 1. The van der Waals surface area contributed by atoms with Crippen LogP contribution in [0.15, 0.2) is 30.3 Å². The van der Waals surface area contributed by atoms with Gasteiger partial charge in [-0.15, -0.1) is 0 Å². The third-order valence-corrected chi connectivity index (χ3v) is 5.08. The van der Waals surface area contributed by atoms with Gasteiger partial charge in [-0.1, -0.05) is 43.7 Å². The van der Waals surface area contributed by atoms with Gasteiger partial charge in [-0.3, -0.25) is 10.2 Å². The summed E-state index contributed by atoms with van der Waals surface area (Å²) in [6.45, 7) is 2.69. The molecule has 0 spiro atoms. The lowest BCUT2D eigenvalue weighted by Gasteiger charge is -2.34. The van der Waals surface area contributed by atoms with Gasteiger partial charge >= 0.3 is 12.2 Å². The number of fused-ring (bicyclic) bond motifs is 2. The van der Waals surface area contributed by atoms with Crippen molar-refractivity contribution >= 4 is 12.2 Å². The molecule has 2 bridgehead atoms. The van der Waals surface area contributed by atoms with Crippen molar-refractivity contribution in [3.63, 3.8) is 0 Å². The molecule has 3 rings (SSSR count). The van der Waals surface area contributed by atoms with E-state index in [0.29, 0.717) is 6.61 Å². The van der Waals surface area contributed by atoms with Gasteiger partial charge in [0.25, 0.3) is 0 Å². The first-order valence-corrected chi connectivity index (χ1v) is 9.09. The second-order valence-electron chi connectivity index (χ2n) is 6.79. The molecule has 25 heavy (non-hydrogen) atoms. The average Bonchev–Trinajstić information content (AvgIpc) is 3.16. The zero-order valence-electron chi connectivity index (χ0n) is 14.7. The van der Waals surface area contributed by atoms with E-state index in [9.17, 15) is 9.59 Å². The molecular weight excluding hydrogens is 320 g/mol. The summed E-state index contributed by atoms with van der Waals surface area (Å²) in [4.78, 5) is 26.5. The first-order valence-electron chi connectivity index (χ1n) is 9.09. The molecule has 6 nitrogen and oxygen atoms in total. The van der Waals surface area contributed by atoms with Crippen LogP contribution in [0, 0.1) is 0 Å². The van der Waals surface area contributed by atoms with Gasteiger partial charge in [-0.2, -0.15) is 0 Å². The van der Waals surface area contributed by atoms with Crippen molar-refractivity contribution < 1.29 is 19.1 Å². The van der Waals surface area contributed by atoms with Crippen molar-refractivity contribution in [1.82, 2.24) is 10.2 Å². The molecule has 0 aromatic heterocycles. The molecular formula is C19H26N2O4. The highest BCUT2D eigenvalue weighted by molar-refractivity contribution is 5.74. The Morgan fingerprint density at radius 1 is 1.20 bits per heavy atom. The molecule has 2 aliphatic rings. The maximum atomic E-state index is 12.5. The number of amides is 2. The standard InChI is InChI=1S/C19H26N2O4/c1-2-3-13-24-18(23)21-16-9-11-19(21,12-10-16)20-17(22)25-14-15-7-5-4-6-8-15/h4-8,16H,2-3,9-14H2,1H3,(H,20,22). The molecule has 6 heteroatoms. The van der Waals surface area contributed by atoms with E-state index in [1.54, 1.807) is 4.90 Å². The van der Waals surface area contributed by atoms with Gasteiger partial charge in [0, 0.05) is 6.04 Å². The molecule has 2 saturated heterocycles. The quantitative estimate of drug-likeness (QED) is 0.796. The summed E-state index contributed by atoms with van der Waals surface area (Å²) >= 11 is 0. The lowest BCUT2D eigenvalue weighted by atomic mass is 9.95. The van der Waals surface area contributed by atoms with E-state index in [1.807, 2.05) is 30.3 Å². The van der Waals surface area contributed by atoms with E-state index < -0.39 is 11.8 Å². The van der Waals surface area contributed by atoms with Crippen LogP contribution in [0.1, 0.15) is 51.0 Å². The number of hydrogen-bond donors (Lipinski definition) is 1. The van der Waals surface area contributed by atoms with E-state index in [0.717, 1.165) is 44.1 Å². The van der Waals surface area contributed by atoms with E-state index in [-0.39, 0.29) is 18.7 Å². The lowest BCUT2D eigenvalue weighted by molar-refractivity contribution is 0.0553. The minimum absolute atomic E-state index is 0.156. The Balaban J connectivity index is 1.57. The van der Waals surface area contributed by atoms with Crippen LogP contribution < -0.4 is 5.32 Å². The molecule has 2 amide bonds. The maximum Gasteiger partial charge on any atom is 0.411 e. The van der Waals surface area contributed by atoms with Crippen LogP contribution in [0.3, 0.4) is 0 Å². The van der Waals surface area contributed by atoms with Crippen LogP contribution in [0.25, 0.3) is 0 Å². The zero-order valence-corrected chi connectivity index (χ0v) is 14.7. The normalized spacial score (nSPS) is 24.2. The van der Waals surface area contributed by atoms with Crippen molar-refractivity contribution in [3.05, 3.63) is 35.9 Å². The fraction of sp³-hybridized carbons (Fsp3) is 0.579. The lowest BCUT2D eigenvalue weighted by Crippen LogP contribution is -2.57. The summed E-state index contributed by atoms with van der Waals surface area (Å²) in [7, 11) is 0. The maximum absolute atomic E-state index is 12.5. The Labute approximate surface area is 148 Å². The zero-order chi connectivity index (χ0) is 17.7. The van der Waals surface area contributed by atoms with E-state index in [1.165, 1.54) is 0 Å². The minimum Gasteiger partial charge on any atom is -0.449 e. The number of hydrogen-bond acceptors (Lipinski definition) is 4. The molecule has 1 N–H and O–H groups in total. The van der Waals surface area contributed by atoms with Crippen molar-refractivity contribution in [3.8, 4) is 0 Å². The number of carbonyl (C=O) groups excluding carboxylic acids is 2. The van der Waals surface area contributed by atoms with Crippen LogP contribution in [-0.4, -0.2) is 35.4 Å². The van der Waals surface area contributed by atoms with Gasteiger partial charge in [0.15, 0.2) is 0 Å². The Kier molecular flexibility index (Phi) is 5.46. The van der Waals surface area contributed by atoms with Crippen LogP contribution in [0.5, 0.6) is 0 Å². The third kappa shape index (κ3) is 3.89. The largest absolute Gasteiger partial charge is 0.449 e. The smallest absolute Gasteiger partial charge is 0.411 e. The number of nitrogens with zero attached hydrogens (tertiary/aromatic N) is 1. The minimum atomic E-state index is -0.651. The van der Waals surface area contributed by atoms with Gasteiger partial charge in [0.1, 0.15) is 12.3 Å². The second kappa shape index (κ2) is 7.76. The monoisotopic (exact) mass is 346 g/mol. The average molecular weight is 346 g/mol. The van der Waals surface area contributed by atoms with Crippen LogP contribution in [0.2, 0.25) is 0 Å². The highest BCUT2D eigenvalue weighted by Crippen LogP contribution is 2.45. The van der Waals surface area contributed by atoms with E-state index in [2.05, 4.69) is 12.2 Å². The number of ether oxygens (including phenoxy) is 2. The van der Waals surface area contributed by atoms with Crippen molar-refractivity contribution in [1.29, 1.82) is 0 Å². The predicted octanol–water partition coefficient (Wildman–Crippen LogP) is 3.80. The molecule has 2 aliphatic heterocycles. The number of nitrogens with one attached hydrogen (secondary N) is 1. The van der Waals surface area contributed by atoms with Gasteiger partial charge in [-0.25, -0.2) is 9.59 Å².